The number of para-hydroxylation sites is 1. The Morgan fingerprint density at radius 3 is 2.53 bits per heavy atom. The van der Waals surface area contributed by atoms with Crippen LogP contribution < -0.4 is 16.2 Å². The molecule has 88 valence electrons. The molecule has 0 saturated heterocycles. The van der Waals surface area contributed by atoms with E-state index in [2.05, 4.69) is 12.6 Å². The van der Waals surface area contributed by atoms with Gasteiger partial charge < -0.3 is 16.2 Å². The van der Waals surface area contributed by atoms with E-state index >= 15 is 0 Å². The van der Waals surface area contributed by atoms with E-state index in [0.29, 0.717) is 17.3 Å². The first kappa shape index (κ1) is 11.7. The van der Waals surface area contributed by atoms with Gasteiger partial charge in [0.05, 0.1) is 0 Å². The second kappa shape index (κ2) is 5.01. The molecule has 4 heteroatoms. The zero-order chi connectivity index (χ0) is 12.3. The lowest BCUT2D eigenvalue weighted by molar-refractivity contribution is 0.396. The molecule has 0 fully saturated rings. The summed E-state index contributed by atoms with van der Waals surface area (Å²) in [5.41, 5.74) is 14.9. The van der Waals surface area contributed by atoms with Gasteiger partial charge in [-0.15, -0.1) is 12.6 Å². The van der Waals surface area contributed by atoms with Gasteiger partial charge in [0, 0.05) is 22.5 Å². The first-order valence-electron chi connectivity index (χ1n) is 5.20. The minimum atomic E-state index is 0.319. The first-order chi connectivity index (χ1) is 8.22. The Kier molecular flexibility index (Phi) is 3.44. The van der Waals surface area contributed by atoms with Crippen molar-refractivity contribution in [3.63, 3.8) is 0 Å². The number of thiol groups is 1. The number of nitrogen functional groups attached to an aromatic ring is 2. The lowest BCUT2D eigenvalue weighted by Crippen LogP contribution is -1.96. The SMILES string of the molecule is Nc1ccc(N)c(-c2ccccc2OCS)c1. The van der Waals surface area contributed by atoms with Gasteiger partial charge in [-0.1, -0.05) is 18.2 Å². The summed E-state index contributed by atoms with van der Waals surface area (Å²) in [4.78, 5) is 0. The molecule has 2 rings (SSSR count). The fourth-order valence-corrected chi connectivity index (χ4v) is 1.83. The molecule has 0 bridgehead atoms. The highest BCUT2D eigenvalue weighted by Gasteiger charge is 2.08. The molecule has 17 heavy (non-hydrogen) atoms. The summed E-state index contributed by atoms with van der Waals surface area (Å²) in [6.45, 7) is 0. The summed E-state index contributed by atoms with van der Waals surface area (Å²) < 4.78 is 5.45. The van der Waals surface area contributed by atoms with Crippen molar-refractivity contribution in [1.82, 2.24) is 0 Å². The van der Waals surface area contributed by atoms with Crippen LogP contribution in [0, 0.1) is 0 Å². The summed E-state index contributed by atoms with van der Waals surface area (Å²) in [6.07, 6.45) is 0. The fraction of sp³-hybridized carbons (Fsp3) is 0.0769. The molecular formula is C13H14N2OS. The molecule has 4 N–H and O–H groups in total. The van der Waals surface area contributed by atoms with Crippen LogP contribution in [0.2, 0.25) is 0 Å². The molecule has 2 aromatic rings. The van der Waals surface area contributed by atoms with Gasteiger partial charge in [0.1, 0.15) is 11.7 Å². The second-order valence-electron chi connectivity index (χ2n) is 3.62. The number of ether oxygens (including phenoxy) is 1. The molecule has 0 unspecified atom stereocenters. The summed E-state index contributed by atoms with van der Waals surface area (Å²) in [5.74, 6) is 1.07. The summed E-state index contributed by atoms with van der Waals surface area (Å²) in [7, 11) is 0. The van der Waals surface area contributed by atoms with Crippen molar-refractivity contribution in [3.05, 3.63) is 42.5 Å². The van der Waals surface area contributed by atoms with Crippen LogP contribution in [0.1, 0.15) is 0 Å². The largest absolute Gasteiger partial charge is 0.483 e. The Morgan fingerprint density at radius 1 is 1.00 bits per heavy atom. The van der Waals surface area contributed by atoms with Gasteiger partial charge in [-0.2, -0.15) is 0 Å². The molecular weight excluding hydrogens is 232 g/mol. The van der Waals surface area contributed by atoms with Gasteiger partial charge in [0.2, 0.25) is 0 Å². The van der Waals surface area contributed by atoms with Crippen LogP contribution in [0.25, 0.3) is 11.1 Å². The van der Waals surface area contributed by atoms with Crippen LogP contribution in [-0.2, 0) is 0 Å². The maximum absolute atomic E-state index is 5.96. The highest BCUT2D eigenvalue weighted by Crippen LogP contribution is 2.34. The highest BCUT2D eigenvalue weighted by atomic mass is 32.1. The van der Waals surface area contributed by atoms with Crippen molar-refractivity contribution in [1.29, 1.82) is 0 Å². The Bertz CT molecular complexity index is 529. The summed E-state index contributed by atoms with van der Waals surface area (Å²) >= 11 is 4.06. The Labute approximate surface area is 106 Å². The van der Waals surface area contributed by atoms with Crippen LogP contribution in [0.3, 0.4) is 0 Å². The average molecular weight is 246 g/mol. The van der Waals surface area contributed by atoms with Crippen molar-refractivity contribution >= 4 is 24.0 Å². The smallest absolute Gasteiger partial charge is 0.131 e. The quantitative estimate of drug-likeness (QED) is 0.443. The van der Waals surface area contributed by atoms with Crippen molar-refractivity contribution in [2.75, 3.05) is 17.4 Å². The maximum Gasteiger partial charge on any atom is 0.131 e. The van der Waals surface area contributed by atoms with Crippen molar-refractivity contribution in [3.8, 4) is 16.9 Å². The van der Waals surface area contributed by atoms with Crippen LogP contribution in [-0.4, -0.2) is 5.94 Å². The van der Waals surface area contributed by atoms with Crippen LogP contribution >= 0.6 is 12.6 Å². The van der Waals surface area contributed by atoms with E-state index in [9.17, 15) is 0 Å². The Balaban J connectivity index is 2.55. The predicted molar refractivity (Wildman–Crippen MR) is 75.2 cm³/mol. The Morgan fingerprint density at radius 2 is 1.76 bits per heavy atom. The molecule has 0 amide bonds. The number of hydrogen-bond donors (Lipinski definition) is 3. The summed E-state index contributed by atoms with van der Waals surface area (Å²) in [6, 6.07) is 13.1. The van der Waals surface area contributed by atoms with E-state index in [1.807, 2.05) is 30.3 Å². The topological polar surface area (TPSA) is 61.3 Å². The molecule has 2 aromatic carbocycles. The second-order valence-corrected chi connectivity index (χ2v) is 3.87. The first-order valence-corrected chi connectivity index (χ1v) is 5.83. The molecule has 0 spiro atoms. The third-order valence-corrected chi connectivity index (χ3v) is 2.60. The highest BCUT2D eigenvalue weighted by molar-refractivity contribution is 7.80. The maximum atomic E-state index is 5.96. The zero-order valence-corrected chi connectivity index (χ0v) is 10.2. The molecule has 0 heterocycles. The Hall–Kier alpha value is -1.81. The van der Waals surface area contributed by atoms with Gasteiger partial charge in [-0.05, 0) is 24.3 Å². The predicted octanol–water partition coefficient (Wildman–Crippen LogP) is 2.78. The van der Waals surface area contributed by atoms with Gasteiger partial charge in [-0.25, -0.2) is 0 Å². The lowest BCUT2D eigenvalue weighted by atomic mass is 10.0. The standard InChI is InChI=1S/C13H14N2OS/c14-9-5-6-12(15)11(7-9)10-3-1-2-4-13(10)16-8-17/h1-7,17H,8,14-15H2. The van der Waals surface area contributed by atoms with E-state index in [1.165, 1.54) is 0 Å². The van der Waals surface area contributed by atoms with Crippen molar-refractivity contribution in [2.24, 2.45) is 0 Å². The molecule has 3 nitrogen and oxygen atoms in total. The monoisotopic (exact) mass is 246 g/mol. The normalized spacial score (nSPS) is 10.2. The molecule has 0 aliphatic heterocycles. The minimum Gasteiger partial charge on any atom is -0.483 e. The van der Waals surface area contributed by atoms with Gasteiger partial charge >= 0.3 is 0 Å². The lowest BCUT2D eigenvalue weighted by Gasteiger charge is -2.12. The third kappa shape index (κ3) is 2.47. The number of nitrogens with two attached hydrogens (primary N) is 2. The molecule has 0 radical (unpaired) electrons. The van der Waals surface area contributed by atoms with Crippen molar-refractivity contribution in [2.45, 2.75) is 0 Å². The van der Waals surface area contributed by atoms with E-state index < -0.39 is 0 Å². The van der Waals surface area contributed by atoms with Crippen LogP contribution in [0.5, 0.6) is 5.75 Å². The fourth-order valence-electron chi connectivity index (χ4n) is 1.69. The number of benzene rings is 2. The average Bonchev–Trinajstić information content (AvgIpc) is 2.34. The molecule has 0 aliphatic rings. The van der Waals surface area contributed by atoms with Crippen LogP contribution in [0.4, 0.5) is 11.4 Å². The van der Waals surface area contributed by atoms with E-state index in [0.717, 1.165) is 16.9 Å². The number of rotatable bonds is 3. The molecule has 0 aliphatic carbocycles. The van der Waals surface area contributed by atoms with E-state index in [-0.39, 0.29) is 0 Å². The van der Waals surface area contributed by atoms with Gasteiger partial charge in [0.15, 0.2) is 0 Å². The van der Waals surface area contributed by atoms with Gasteiger partial charge in [0.25, 0.3) is 0 Å². The van der Waals surface area contributed by atoms with E-state index in [4.69, 9.17) is 16.2 Å². The number of hydrogen-bond acceptors (Lipinski definition) is 4. The molecule has 0 atom stereocenters. The number of anilines is 2. The van der Waals surface area contributed by atoms with Crippen LogP contribution in [0.15, 0.2) is 42.5 Å². The van der Waals surface area contributed by atoms with Crippen molar-refractivity contribution < 1.29 is 4.74 Å². The van der Waals surface area contributed by atoms with Gasteiger partial charge in [-0.3, -0.25) is 0 Å². The summed E-state index contributed by atoms with van der Waals surface area (Å²) in [5, 5.41) is 0. The zero-order valence-electron chi connectivity index (χ0n) is 9.26. The third-order valence-electron chi connectivity index (χ3n) is 2.47. The molecule has 0 aromatic heterocycles. The van der Waals surface area contributed by atoms with E-state index in [1.54, 1.807) is 12.1 Å². The molecule has 0 saturated carbocycles. The minimum absolute atomic E-state index is 0.319.